The molecule has 0 heterocycles. The zero-order valence-corrected chi connectivity index (χ0v) is 16.9. The fourth-order valence-corrected chi connectivity index (χ4v) is 3.95. The van der Waals surface area contributed by atoms with Crippen LogP contribution in [0.4, 0.5) is 5.69 Å². The van der Waals surface area contributed by atoms with Gasteiger partial charge in [0, 0.05) is 23.0 Å². The van der Waals surface area contributed by atoms with Crippen LogP contribution in [0.25, 0.3) is 0 Å². The summed E-state index contributed by atoms with van der Waals surface area (Å²) in [5, 5.41) is 3.69. The first-order valence-corrected chi connectivity index (χ1v) is 10.1. The normalized spacial score (nSPS) is 16.2. The molecule has 0 fully saturated rings. The van der Waals surface area contributed by atoms with Gasteiger partial charge in [-0.2, -0.15) is 0 Å². The molecule has 1 aliphatic carbocycles. The van der Waals surface area contributed by atoms with E-state index in [9.17, 15) is 0 Å². The summed E-state index contributed by atoms with van der Waals surface area (Å²) in [7, 11) is 0. The van der Waals surface area contributed by atoms with Crippen molar-refractivity contribution in [2.75, 3.05) is 0 Å². The van der Waals surface area contributed by atoms with Crippen molar-refractivity contribution in [2.45, 2.75) is 37.2 Å². The summed E-state index contributed by atoms with van der Waals surface area (Å²) >= 11 is 4.47. The summed E-state index contributed by atoms with van der Waals surface area (Å²) in [5.41, 5.74) is 13.3. The van der Waals surface area contributed by atoms with Gasteiger partial charge in [0.15, 0.2) is 0 Å². The van der Waals surface area contributed by atoms with Gasteiger partial charge in [-0.1, -0.05) is 54.1 Å². The number of nitrogens with two attached hydrogens (primary N) is 1. The standard InChI is InChI=1S/C24H25N3S/c1-16-6-8-17(9-7-16)15-26-21-12-18-10-11-20(13-19(18)14-21)27-24(25)22-4-2-3-5-23(22)28/h2-11,13,21,26,28H,12,14-15H2,1H3,(H2,25,27). The zero-order chi connectivity index (χ0) is 19.5. The Labute approximate surface area is 172 Å². The lowest BCUT2D eigenvalue weighted by atomic mass is 10.1. The molecule has 0 spiro atoms. The van der Waals surface area contributed by atoms with Gasteiger partial charge >= 0.3 is 0 Å². The van der Waals surface area contributed by atoms with Gasteiger partial charge in [-0.3, -0.25) is 0 Å². The second-order valence-electron chi connectivity index (χ2n) is 7.44. The maximum absolute atomic E-state index is 6.21. The molecule has 3 nitrogen and oxygen atoms in total. The van der Waals surface area contributed by atoms with Crippen LogP contribution >= 0.6 is 12.6 Å². The van der Waals surface area contributed by atoms with Crippen LogP contribution in [-0.2, 0) is 19.4 Å². The van der Waals surface area contributed by atoms with E-state index >= 15 is 0 Å². The lowest BCUT2D eigenvalue weighted by Crippen LogP contribution is -2.28. The van der Waals surface area contributed by atoms with E-state index in [1.54, 1.807) is 0 Å². The van der Waals surface area contributed by atoms with Crippen molar-refractivity contribution in [3.63, 3.8) is 0 Å². The Balaban J connectivity index is 1.43. The molecule has 3 aromatic carbocycles. The molecule has 0 saturated carbocycles. The number of fused-ring (bicyclic) bond motifs is 1. The molecule has 0 amide bonds. The molecule has 0 bridgehead atoms. The Morgan fingerprint density at radius 2 is 1.79 bits per heavy atom. The van der Waals surface area contributed by atoms with Crippen LogP contribution < -0.4 is 11.1 Å². The van der Waals surface area contributed by atoms with Gasteiger partial charge in [0.25, 0.3) is 0 Å². The summed E-state index contributed by atoms with van der Waals surface area (Å²) in [5.74, 6) is 0.498. The summed E-state index contributed by atoms with van der Waals surface area (Å²) in [6, 6.07) is 23.3. The fraction of sp³-hybridized carbons (Fsp3) is 0.208. The minimum absolute atomic E-state index is 0.464. The third-order valence-corrected chi connectivity index (χ3v) is 5.66. The van der Waals surface area contributed by atoms with E-state index in [1.807, 2.05) is 24.3 Å². The first-order valence-electron chi connectivity index (χ1n) is 9.62. The summed E-state index contributed by atoms with van der Waals surface area (Å²) in [6.07, 6.45) is 2.08. The number of aliphatic imine (C=N–C) groups is 1. The van der Waals surface area contributed by atoms with E-state index in [4.69, 9.17) is 5.73 Å². The van der Waals surface area contributed by atoms with Crippen molar-refractivity contribution in [2.24, 2.45) is 10.7 Å². The van der Waals surface area contributed by atoms with E-state index < -0.39 is 0 Å². The SMILES string of the molecule is Cc1ccc(CNC2Cc3ccc(N=C(N)c4ccccc4S)cc3C2)cc1. The minimum atomic E-state index is 0.464. The van der Waals surface area contributed by atoms with Crippen molar-refractivity contribution in [3.8, 4) is 0 Å². The topological polar surface area (TPSA) is 50.4 Å². The van der Waals surface area contributed by atoms with E-state index in [0.717, 1.165) is 35.5 Å². The molecule has 28 heavy (non-hydrogen) atoms. The molecule has 0 aromatic heterocycles. The highest BCUT2D eigenvalue weighted by molar-refractivity contribution is 7.80. The van der Waals surface area contributed by atoms with E-state index in [0.29, 0.717) is 11.9 Å². The molecule has 142 valence electrons. The highest BCUT2D eigenvalue weighted by Crippen LogP contribution is 2.27. The number of amidine groups is 1. The number of aryl methyl sites for hydroxylation is 1. The maximum atomic E-state index is 6.21. The maximum Gasteiger partial charge on any atom is 0.132 e. The van der Waals surface area contributed by atoms with Crippen LogP contribution in [0.15, 0.2) is 76.6 Å². The molecule has 1 aliphatic rings. The first-order chi connectivity index (χ1) is 13.6. The highest BCUT2D eigenvalue weighted by Gasteiger charge is 2.21. The second kappa shape index (κ2) is 8.21. The van der Waals surface area contributed by atoms with Crippen molar-refractivity contribution in [1.29, 1.82) is 0 Å². The summed E-state index contributed by atoms with van der Waals surface area (Å²) < 4.78 is 0. The van der Waals surface area contributed by atoms with Crippen molar-refractivity contribution in [3.05, 3.63) is 94.5 Å². The Kier molecular flexibility index (Phi) is 5.51. The molecule has 3 N–H and O–H groups in total. The number of benzene rings is 3. The number of hydrogen-bond donors (Lipinski definition) is 3. The number of rotatable bonds is 5. The van der Waals surface area contributed by atoms with Gasteiger partial charge < -0.3 is 11.1 Å². The van der Waals surface area contributed by atoms with Crippen LogP contribution in [-0.4, -0.2) is 11.9 Å². The third kappa shape index (κ3) is 4.29. The first kappa shape index (κ1) is 18.8. The van der Waals surface area contributed by atoms with E-state index in [2.05, 4.69) is 72.3 Å². The average molecular weight is 388 g/mol. The van der Waals surface area contributed by atoms with Crippen molar-refractivity contribution >= 4 is 24.2 Å². The zero-order valence-electron chi connectivity index (χ0n) is 16.0. The van der Waals surface area contributed by atoms with Gasteiger partial charge in [-0.05, 0) is 54.7 Å². The van der Waals surface area contributed by atoms with Gasteiger partial charge in [0.05, 0.1) is 5.69 Å². The Morgan fingerprint density at radius 1 is 1.04 bits per heavy atom. The van der Waals surface area contributed by atoms with Gasteiger partial charge in [0.1, 0.15) is 5.84 Å². The van der Waals surface area contributed by atoms with Crippen molar-refractivity contribution < 1.29 is 0 Å². The van der Waals surface area contributed by atoms with Crippen LogP contribution in [0.2, 0.25) is 0 Å². The highest BCUT2D eigenvalue weighted by atomic mass is 32.1. The molecule has 4 rings (SSSR count). The molecular weight excluding hydrogens is 362 g/mol. The Hall–Kier alpha value is -2.56. The van der Waals surface area contributed by atoms with Crippen LogP contribution in [0.1, 0.15) is 27.8 Å². The lowest BCUT2D eigenvalue weighted by molar-refractivity contribution is 0.533. The van der Waals surface area contributed by atoms with Gasteiger partial charge in [-0.25, -0.2) is 4.99 Å². The quantitative estimate of drug-likeness (QED) is 0.341. The molecule has 0 radical (unpaired) electrons. The van der Waals surface area contributed by atoms with Crippen molar-refractivity contribution in [1.82, 2.24) is 5.32 Å². The van der Waals surface area contributed by atoms with Gasteiger partial charge in [-0.15, -0.1) is 12.6 Å². The summed E-state index contributed by atoms with van der Waals surface area (Å²) in [4.78, 5) is 5.46. The third-order valence-electron chi connectivity index (χ3n) is 5.27. The molecule has 0 saturated heterocycles. The van der Waals surface area contributed by atoms with Crippen LogP contribution in [0.5, 0.6) is 0 Å². The number of thiol groups is 1. The Bertz CT molecular complexity index is 1010. The fourth-order valence-electron chi connectivity index (χ4n) is 3.68. The molecular formula is C24H25N3S. The van der Waals surface area contributed by atoms with Gasteiger partial charge in [0.2, 0.25) is 0 Å². The predicted octanol–water partition coefficient (Wildman–Crippen LogP) is 4.58. The summed E-state index contributed by atoms with van der Waals surface area (Å²) in [6.45, 7) is 3.02. The monoisotopic (exact) mass is 387 g/mol. The number of nitrogens with zero attached hydrogens (tertiary/aromatic N) is 1. The van der Waals surface area contributed by atoms with E-state index in [1.165, 1.54) is 22.3 Å². The number of hydrogen-bond acceptors (Lipinski definition) is 3. The number of nitrogens with one attached hydrogen (secondary N) is 1. The average Bonchev–Trinajstić information content (AvgIpc) is 3.10. The van der Waals surface area contributed by atoms with E-state index in [-0.39, 0.29) is 0 Å². The smallest absolute Gasteiger partial charge is 0.132 e. The largest absolute Gasteiger partial charge is 0.383 e. The second-order valence-corrected chi connectivity index (χ2v) is 7.92. The molecule has 3 aromatic rings. The minimum Gasteiger partial charge on any atom is -0.383 e. The molecule has 1 atom stereocenters. The lowest BCUT2D eigenvalue weighted by Gasteiger charge is -2.12. The molecule has 1 unspecified atom stereocenters. The van der Waals surface area contributed by atoms with Crippen LogP contribution in [0, 0.1) is 6.92 Å². The molecule has 4 heteroatoms. The molecule has 0 aliphatic heterocycles. The van der Waals surface area contributed by atoms with Crippen LogP contribution in [0.3, 0.4) is 0 Å². The predicted molar refractivity (Wildman–Crippen MR) is 120 cm³/mol. The Morgan fingerprint density at radius 3 is 2.57 bits per heavy atom.